The van der Waals surface area contributed by atoms with Crippen molar-refractivity contribution in [1.29, 1.82) is 0 Å². The number of carbonyl (C=O) groups is 2. The number of allylic oxidation sites excluding steroid dienone is 1. The number of benzene rings is 1. The number of aliphatic hydroxyl groups is 1. The first kappa shape index (κ1) is 24.9. The van der Waals surface area contributed by atoms with Crippen LogP contribution in [0, 0.1) is 23.7 Å². The Bertz CT molecular complexity index is 1480. The van der Waals surface area contributed by atoms with Crippen molar-refractivity contribution < 1.29 is 14.7 Å². The number of carbonyl (C=O) groups excluding carboxylic acids is 2. The van der Waals surface area contributed by atoms with E-state index in [4.69, 9.17) is 0 Å². The number of H-pyrrole nitrogens is 2. The summed E-state index contributed by atoms with van der Waals surface area (Å²) < 4.78 is 0. The molecule has 3 aromatic rings. The van der Waals surface area contributed by atoms with Crippen molar-refractivity contribution in [2.24, 2.45) is 23.7 Å². The van der Waals surface area contributed by atoms with Crippen molar-refractivity contribution in [1.82, 2.24) is 15.3 Å². The first-order chi connectivity index (χ1) is 18.2. The minimum absolute atomic E-state index is 0.0747. The molecule has 1 fully saturated rings. The summed E-state index contributed by atoms with van der Waals surface area (Å²) in [6.07, 6.45) is 7.71. The second kappa shape index (κ2) is 9.12. The number of para-hydroxylation sites is 1. The molecule has 6 nitrogen and oxygen atoms in total. The molecule has 6 rings (SSSR count). The van der Waals surface area contributed by atoms with E-state index in [1.54, 1.807) is 0 Å². The minimum atomic E-state index is -1.04. The number of fused-ring (bicyclic) bond motifs is 3. The lowest BCUT2D eigenvalue weighted by Gasteiger charge is -2.46. The van der Waals surface area contributed by atoms with Crippen molar-refractivity contribution in [3.8, 4) is 0 Å². The monoisotopic (exact) mass is 511 g/mol. The molecule has 1 spiro atoms. The highest BCUT2D eigenvalue weighted by Crippen LogP contribution is 2.55. The fraction of sp³-hybridized carbons (Fsp3) is 0.438. The summed E-state index contributed by atoms with van der Waals surface area (Å²) in [4.78, 5) is 34.4. The van der Waals surface area contributed by atoms with Gasteiger partial charge in [-0.25, -0.2) is 0 Å². The highest BCUT2D eigenvalue weighted by Gasteiger charge is 2.64. The molecule has 6 heteroatoms. The van der Waals surface area contributed by atoms with Gasteiger partial charge in [0, 0.05) is 46.6 Å². The van der Waals surface area contributed by atoms with Crippen LogP contribution in [0.3, 0.4) is 0 Å². The average molecular weight is 512 g/mol. The molecule has 0 radical (unpaired) electrons. The third-order valence-electron chi connectivity index (χ3n) is 9.58. The molecule has 2 aromatic heterocycles. The number of aromatic amines is 2. The zero-order valence-electron chi connectivity index (χ0n) is 22.5. The Morgan fingerprint density at radius 1 is 1.05 bits per heavy atom. The molecule has 0 saturated carbocycles. The van der Waals surface area contributed by atoms with Crippen LogP contribution < -0.4 is 5.32 Å². The highest BCUT2D eigenvalue weighted by molar-refractivity contribution is 5.98. The molecule has 2 bridgehead atoms. The Morgan fingerprint density at radius 3 is 2.66 bits per heavy atom. The Balaban J connectivity index is 1.53. The largest absolute Gasteiger partial charge is 0.388 e. The number of aliphatic hydroxyl groups excluding tert-OH is 1. The molecule has 4 N–H and O–H groups in total. The van der Waals surface area contributed by atoms with E-state index in [1.807, 2.05) is 44.3 Å². The summed E-state index contributed by atoms with van der Waals surface area (Å²) in [5, 5.41) is 16.2. The van der Waals surface area contributed by atoms with Crippen LogP contribution in [0.1, 0.15) is 62.3 Å². The lowest BCUT2D eigenvalue weighted by atomic mass is 9.55. The molecule has 1 aliphatic carbocycles. The van der Waals surface area contributed by atoms with Crippen LogP contribution >= 0.6 is 0 Å². The zero-order valence-corrected chi connectivity index (χ0v) is 22.5. The summed E-state index contributed by atoms with van der Waals surface area (Å²) in [6, 6.07) is 11.8. The smallest absolute Gasteiger partial charge is 0.233 e. The molecule has 1 saturated heterocycles. The lowest BCUT2D eigenvalue weighted by Crippen LogP contribution is -2.54. The van der Waals surface area contributed by atoms with Gasteiger partial charge in [0.25, 0.3) is 0 Å². The van der Waals surface area contributed by atoms with E-state index in [9.17, 15) is 14.7 Å². The van der Waals surface area contributed by atoms with Gasteiger partial charge in [0.05, 0.1) is 11.8 Å². The Labute approximate surface area is 223 Å². The lowest BCUT2D eigenvalue weighted by molar-refractivity contribution is -0.127. The minimum Gasteiger partial charge on any atom is -0.388 e. The van der Waals surface area contributed by atoms with Gasteiger partial charge in [-0.05, 0) is 68.4 Å². The molecular formula is C32H37N3O3. The molecule has 3 aliphatic rings. The van der Waals surface area contributed by atoms with Crippen LogP contribution in [0.5, 0.6) is 0 Å². The van der Waals surface area contributed by atoms with E-state index >= 15 is 0 Å². The van der Waals surface area contributed by atoms with Gasteiger partial charge in [0.15, 0.2) is 5.78 Å². The van der Waals surface area contributed by atoms with Crippen LogP contribution in [0.2, 0.25) is 0 Å². The van der Waals surface area contributed by atoms with E-state index in [0.717, 1.165) is 40.5 Å². The topological polar surface area (TPSA) is 98.0 Å². The number of hydrogen-bond acceptors (Lipinski definition) is 3. The Kier molecular flexibility index (Phi) is 5.98. The van der Waals surface area contributed by atoms with Gasteiger partial charge in [0.2, 0.25) is 5.91 Å². The zero-order chi connectivity index (χ0) is 26.8. The third kappa shape index (κ3) is 3.57. The van der Waals surface area contributed by atoms with Crippen molar-refractivity contribution in [2.75, 3.05) is 0 Å². The second-order valence-electron chi connectivity index (χ2n) is 11.9. The molecule has 1 amide bonds. The molecule has 2 aliphatic heterocycles. The van der Waals surface area contributed by atoms with E-state index < -0.39 is 17.4 Å². The average Bonchev–Trinajstić information content (AvgIpc) is 3.61. The van der Waals surface area contributed by atoms with Gasteiger partial charge < -0.3 is 20.4 Å². The maximum absolute atomic E-state index is 14.3. The third-order valence-corrected chi connectivity index (χ3v) is 9.58. The number of amides is 1. The fourth-order valence-electron chi connectivity index (χ4n) is 7.57. The maximum Gasteiger partial charge on any atom is 0.233 e. The van der Waals surface area contributed by atoms with Gasteiger partial charge in [-0.2, -0.15) is 0 Å². The summed E-state index contributed by atoms with van der Waals surface area (Å²) in [6.45, 7) is 8.19. The van der Waals surface area contributed by atoms with Crippen LogP contribution in [-0.4, -0.2) is 38.9 Å². The van der Waals surface area contributed by atoms with Crippen LogP contribution in [0.15, 0.2) is 65.9 Å². The van der Waals surface area contributed by atoms with Crippen molar-refractivity contribution in [2.45, 2.75) is 64.5 Å². The van der Waals surface area contributed by atoms with Gasteiger partial charge in [-0.1, -0.05) is 49.8 Å². The maximum atomic E-state index is 14.3. The number of aromatic nitrogens is 2. The Morgan fingerprint density at radius 2 is 1.84 bits per heavy atom. The van der Waals surface area contributed by atoms with Crippen LogP contribution in [-0.2, 0) is 16.6 Å². The fourth-order valence-corrected chi connectivity index (χ4v) is 7.57. The quantitative estimate of drug-likeness (QED) is 0.355. The van der Waals surface area contributed by atoms with E-state index in [1.165, 1.54) is 0 Å². The number of hydrogen-bond donors (Lipinski definition) is 4. The summed E-state index contributed by atoms with van der Waals surface area (Å²) in [7, 11) is 0. The summed E-state index contributed by atoms with van der Waals surface area (Å²) in [5.41, 5.74) is 4.42. The number of ketones is 1. The van der Waals surface area contributed by atoms with Crippen molar-refractivity contribution in [3.63, 3.8) is 0 Å². The SMILES string of the molecule is CC1=C(C)[C@H]2[C@H](Cc3c[nH]c4ccccc34)NC(=O)[C@]23c2ccc([nH]2)C(=O)[C@H](C)C[C@@H](C)CC=C[C@H]3[C@@H]1O. The second-order valence-corrected chi connectivity index (χ2v) is 11.9. The van der Waals surface area contributed by atoms with Crippen LogP contribution in [0.4, 0.5) is 0 Å². The molecular weight excluding hydrogens is 474 g/mol. The van der Waals surface area contributed by atoms with E-state index in [0.29, 0.717) is 23.7 Å². The standard InChI is InChI=1S/C32H37N3O3/c1-17-8-7-10-23-30(37)20(4)19(3)28-26(15-21-16-33-24-11-6-5-9-22(21)24)35-31(38)32(23,28)27-13-12-25(34-27)29(36)18(2)14-17/h5-7,9-13,16-18,23,26,28,30,33-34,37H,8,14-15H2,1-4H3,(H,35,38)/t17-,18+,23-,26-,28-,30+,32+/m0/s1. The Hall–Kier alpha value is -3.38. The first-order valence-corrected chi connectivity index (χ1v) is 13.8. The molecule has 0 unspecified atom stereocenters. The predicted molar refractivity (Wildman–Crippen MR) is 149 cm³/mol. The van der Waals surface area contributed by atoms with E-state index in [2.05, 4.69) is 53.4 Å². The van der Waals surface area contributed by atoms with Gasteiger partial charge in [-0.15, -0.1) is 0 Å². The normalized spacial score (nSPS) is 33.5. The molecule has 38 heavy (non-hydrogen) atoms. The predicted octanol–water partition coefficient (Wildman–Crippen LogP) is 5.22. The summed E-state index contributed by atoms with van der Waals surface area (Å²) >= 11 is 0. The van der Waals surface area contributed by atoms with Gasteiger partial charge >= 0.3 is 0 Å². The number of nitrogens with one attached hydrogen (secondary N) is 3. The van der Waals surface area contributed by atoms with E-state index in [-0.39, 0.29) is 29.6 Å². The molecule has 4 heterocycles. The summed E-state index contributed by atoms with van der Waals surface area (Å²) in [5.74, 6) is -0.438. The van der Waals surface area contributed by atoms with Gasteiger partial charge in [0.1, 0.15) is 5.41 Å². The number of rotatable bonds is 2. The van der Waals surface area contributed by atoms with Crippen molar-refractivity contribution in [3.05, 3.63) is 82.8 Å². The highest BCUT2D eigenvalue weighted by atomic mass is 16.3. The first-order valence-electron chi connectivity index (χ1n) is 13.8. The van der Waals surface area contributed by atoms with Gasteiger partial charge in [-0.3, -0.25) is 9.59 Å². The van der Waals surface area contributed by atoms with Crippen LogP contribution in [0.25, 0.3) is 10.9 Å². The van der Waals surface area contributed by atoms with Crippen molar-refractivity contribution >= 4 is 22.6 Å². The molecule has 1 aromatic carbocycles. The molecule has 7 atom stereocenters. The number of Topliss-reactive ketones (excluding diaryl/α,β-unsaturated/α-hetero) is 1. The molecule has 198 valence electrons.